The van der Waals surface area contributed by atoms with Crippen LogP contribution in [-0.4, -0.2) is 5.11 Å². The number of rotatable bonds is 3. The van der Waals surface area contributed by atoms with Crippen LogP contribution < -0.4 is 10.5 Å². The van der Waals surface area contributed by atoms with Gasteiger partial charge in [-0.1, -0.05) is 12.1 Å². The number of nitrogen functional groups attached to an aromatic ring is 1. The molecule has 0 unspecified atom stereocenters. The summed E-state index contributed by atoms with van der Waals surface area (Å²) in [6.45, 7) is 0.418. The van der Waals surface area contributed by atoms with Crippen molar-refractivity contribution in [1.82, 2.24) is 0 Å². The van der Waals surface area contributed by atoms with Crippen LogP contribution in [0.3, 0.4) is 0 Å². The van der Waals surface area contributed by atoms with Gasteiger partial charge in [0.15, 0.2) is 0 Å². The lowest BCUT2D eigenvalue weighted by Crippen LogP contribution is -1.97. The van der Waals surface area contributed by atoms with Crippen LogP contribution >= 0.6 is 15.9 Å². The van der Waals surface area contributed by atoms with Crippen LogP contribution in [0.25, 0.3) is 0 Å². The summed E-state index contributed by atoms with van der Waals surface area (Å²) in [5, 5.41) is 9.28. The van der Waals surface area contributed by atoms with Gasteiger partial charge in [0, 0.05) is 16.2 Å². The topological polar surface area (TPSA) is 55.5 Å². The van der Waals surface area contributed by atoms with E-state index in [4.69, 9.17) is 10.5 Å². The molecule has 0 radical (unpaired) electrons. The molecule has 0 heterocycles. The number of nitrogens with two attached hydrogens (primary N) is 1. The van der Waals surface area contributed by atoms with Gasteiger partial charge in [0.25, 0.3) is 0 Å². The van der Waals surface area contributed by atoms with Gasteiger partial charge in [-0.25, -0.2) is 0 Å². The molecule has 4 heteroatoms. The van der Waals surface area contributed by atoms with Gasteiger partial charge in [-0.05, 0) is 45.8 Å². The minimum Gasteiger partial charge on any atom is -0.508 e. The van der Waals surface area contributed by atoms with Gasteiger partial charge >= 0.3 is 0 Å². The number of aromatic hydroxyl groups is 1. The molecule has 0 saturated carbocycles. The van der Waals surface area contributed by atoms with Crippen LogP contribution in [0, 0.1) is 0 Å². The van der Waals surface area contributed by atoms with Crippen molar-refractivity contribution < 1.29 is 9.84 Å². The number of phenols is 1. The van der Waals surface area contributed by atoms with Gasteiger partial charge in [0.2, 0.25) is 0 Å². The number of benzene rings is 2. The lowest BCUT2D eigenvalue weighted by atomic mass is 10.2. The summed E-state index contributed by atoms with van der Waals surface area (Å²) >= 11 is 3.34. The third kappa shape index (κ3) is 3.14. The number of halogens is 1. The number of ether oxygens (including phenoxy) is 1. The summed E-state index contributed by atoms with van der Waals surface area (Å²) in [5.41, 5.74) is 7.43. The second-order valence-electron chi connectivity index (χ2n) is 3.64. The molecule has 0 spiro atoms. The molecule has 2 aromatic rings. The average Bonchev–Trinajstić information content (AvgIpc) is 2.31. The minimum atomic E-state index is 0.192. The van der Waals surface area contributed by atoms with E-state index in [2.05, 4.69) is 15.9 Å². The maximum Gasteiger partial charge on any atom is 0.123 e. The largest absolute Gasteiger partial charge is 0.508 e. The molecule has 2 aromatic carbocycles. The molecule has 3 N–H and O–H groups in total. The molecule has 0 aromatic heterocycles. The van der Waals surface area contributed by atoms with E-state index in [0.29, 0.717) is 18.0 Å². The molecule has 0 saturated heterocycles. The molecular weight excluding hydrogens is 282 g/mol. The first-order valence-electron chi connectivity index (χ1n) is 5.11. The molecule has 0 atom stereocenters. The standard InChI is InChI=1S/C13H12BrNO2/c14-12-5-4-9(6-13(12)15)8-17-11-3-1-2-10(16)7-11/h1-7,16H,8,15H2. The van der Waals surface area contributed by atoms with Crippen molar-refractivity contribution >= 4 is 21.6 Å². The number of hydrogen-bond acceptors (Lipinski definition) is 3. The summed E-state index contributed by atoms with van der Waals surface area (Å²) in [6, 6.07) is 12.4. The fourth-order valence-corrected chi connectivity index (χ4v) is 1.67. The highest BCUT2D eigenvalue weighted by Crippen LogP contribution is 2.22. The first-order valence-corrected chi connectivity index (χ1v) is 5.90. The van der Waals surface area contributed by atoms with Crippen LogP contribution in [0.5, 0.6) is 11.5 Å². The van der Waals surface area contributed by atoms with E-state index in [1.807, 2.05) is 18.2 Å². The molecule has 0 bridgehead atoms. The molecule has 0 aliphatic heterocycles. The first-order chi connectivity index (χ1) is 8.15. The second-order valence-corrected chi connectivity index (χ2v) is 4.50. The lowest BCUT2D eigenvalue weighted by Gasteiger charge is -2.07. The quantitative estimate of drug-likeness (QED) is 0.854. The number of phenolic OH excluding ortho intramolecular Hbond substituents is 1. The van der Waals surface area contributed by atoms with E-state index in [1.54, 1.807) is 24.3 Å². The van der Waals surface area contributed by atoms with Crippen molar-refractivity contribution in [3.05, 3.63) is 52.5 Å². The highest BCUT2D eigenvalue weighted by molar-refractivity contribution is 9.10. The summed E-state index contributed by atoms with van der Waals surface area (Å²) in [4.78, 5) is 0. The van der Waals surface area contributed by atoms with Crippen LogP contribution in [0.1, 0.15) is 5.56 Å². The zero-order valence-electron chi connectivity index (χ0n) is 9.06. The van der Waals surface area contributed by atoms with Crippen LogP contribution in [0.4, 0.5) is 5.69 Å². The van der Waals surface area contributed by atoms with Crippen molar-refractivity contribution in [1.29, 1.82) is 0 Å². The number of anilines is 1. The first kappa shape index (κ1) is 11.8. The summed E-state index contributed by atoms with van der Waals surface area (Å²) in [7, 11) is 0. The van der Waals surface area contributed by atoms with Crippen LogP contribution in [0.15, 0.2) is 46.9 Å². The Bertz CT molecular complexity index is 529. The molecular formula is C13H12BrNO2. The predicted octanol–water partition coefficient (Wildman–Crippen LogP) is 3.32. The van der Waals surface area contributed by atoms with Crippen LogP contribution in [-0.2, 0) is 6.61 Å². The van der Waals surface area contributed by atoms with Gasteiger partial charge in [-0.3, -0.25) is 0 Å². The molecule has 17 heavy (non-hydrogen) atoms. The Hall–Kier alpha value is -1.68. The zero-order valence-corrected chi connectivity index (χ0v) is 10.6. The molecule has 0 amide bonds. The fourth-order valence-electron chi connectivity index (χ4n) is 1.42. The van der Waals surface area contributed by atoms with E-state index in [9.17, 15) is 5.11 Å². The van der Waals surface area contributed by atoms with Crippen molar-refractivity contribution in [3.8, 4) is 11.5 Å². The molecule has 88 valence electrons. The Morgan fingerprint density at radius 3 is 2.71 bits per heavy atom. The Balaban J connectivity index is 2.05. The van der Waals surface area contributed by atoms with E-state index in [-0.39, 0.29) is 5.75 Å². The fraction of sp³-hybridized carbons (Fsp3) is 0.0769. The SMILES string of the molecule is Nc1cc(COc2cccc(O)c2)ccc1Br. The maximum absolute atomic E-state index is 9.28. The molecule has 3 nitrogen and oxygen atoms in total. The van der Waals surface area contributed by atoms with E-state index in [0.717, 1.165) is 10.0 Å². The monoisotopic (exact) mass is 293 g/mol. The number of hydrogen-bond donors (Lipinski definition) is 2. The predicted molar refractivity (Wildman–Crippen MR) is 71.0 cm³/mol. The zero-order chi connectivity index (χ0) is 12.3. The Labute approximate surface area is 108 Å². The molecule has 0 fully saturated rings. The average molecular weight is 294 g/mol. The summed E-state index contributed by atoms with van der Waals surface area (Å²) in [5.74, 6) is 0.823. The van der Waals surface area contributed by atoms with Crippen molar-refractivity contribution in [2.45, 2.75) is 6.61 Å². The third-order valence-electron chi connectivity index (χ3n) is 2.28. The summed E-state index contributed by atoms with van der Waals surface area (Å²) < 4.78 is 6.41. The Morgan fingerprint density at radius 2 is 2.00 bits per heavy atom. The molecule has 2 rings (SSSR count). The van der Waals surface area contributed by atoms with Gasteiger partial charge in [0.1, 0.15) is 18.1 Å². The van der Waals surface area contributed by atoms with Crippen molar-refractivity contribution in [2.24, 2.45) is 0 Å². The molecule has 0 aliphatic rings. The van der Waals surface area contributed by atoms with E-state index >= 15 is 0 Å². The van der Waals surface area contributed by atoms with Gasteiger partial charge < -0.3 is 15.6 Å². The normalized spacial score (nSPS) is 10.2. The van der Waals surface area contributed by atoms with Crippen molar-refractivity contribution in [2.75, 3.05) is 5.73 Å². The Kier molecular flexibility index (Phi) is 3.54. The molecule has 0 aliphatic carbocycles. The third-order valence-corrected chi connectivity index (χ3v) is 3.01. The van der Waals surface area contributed by atoms with Gasteiger partial charge in [0.05, 0.1) is 0 Å². The minimum absolute atomic E-state index is 0.192. The van der Waals surface area contributed by atoms with Gasteiger partial charge in [-0.2, -0.15) is 0 Å². The highest BCUT2D eigenvalue weighted by Gasteiger charge is 2.00. The van der Waals surface area contributed by atoms with E-state index in [1.165, 1.54) is 0 Å². The Morgan fingerprint density at radius 1 is 1.18 bits per heavy atom. The van der Waals surface area contributed by atoms with Crippen LogP contribution in [0.2, 0.25) is 0 Å². The van der Waals surface area contributed by atoms with Gasteiger partial charge in [-0.15, -0.1) is 0 Å². The summed E-state index contributed by atoms with van der Waals surface area (Å²) in [6.07, 6.45) is 0. The smallest absolute Gasteiger partial charge is 0.123 e. The van der Waals surface area contributed by atoms with Crippen molar-refractivity contribution in [3.63, 3.8) is 0 Å². The van der Waals surface area contributed by atoms with E-state index < -0.39 is 0 Å². The second kappa shape index (κ2) is 5.10. The highest BCUT2D eigenvalue weighted by atomic mass is 79.9. The lowest BCUT2D eigenvalue weighted by molar-refractivity contribution is 0.304. The maximum atomic E-state index is 9.28.